The number of ether oxygens (including phenoxy) is 1. The van der Waals surface area contributed by atoms with Gasteiger partial charge in [-0.25, -0.2) is 4.98 Å². The topological polar surface area (TPSA) is 45.9 Å². The molecule has 0 saturated heterocycles. The Morgan fingerprint density at radius 2 is 2.26 bits per heavy atom. The van der Waals surface area contributed by atoms with Crippen LogP contribution in [0.1, 0.15) is 28.1 Å². The highest BCUT2D eigenvalue weighted by atomic mass is 32.1. The third-order valence-corrected chi connectivity index (χ3v) is 3.82. The van der Waals surface area contributed by atoms with E-state index >= 15 is 0 Å². The number of hydrogen-bond donors (Lipinski definition) is 0. The van der Waals surface area contributed by atoms with Crippen molar-refractivity contribution in [3.05, 3.63) is 45.4 Å². The first kappa shape index (κ1) is 13.6. The zero-order chi connectivity index (χ0) is 13.7. The number of thiazole rings is 1. The lowest BCUT2D eigenvalue weighted by atomic mass is 10.2. The average Bonchev–Trinajstić information content (AvgIpc) is 2.79. The minimum absolute atomic E-state index is 0.436. The second-order valence-corrected chi connectivity index (χ2v) is 5.44. The molecular formula is C15H16N2OS. The quantitative estimate of drug-likeness (QED) is 0.834. The van der Waals surface area contributed by atoms with Gasteiger partial charge < -0.3 is 4.74 Å². The van der Waals surface area contributed by atoms with Gasteiger partial charge >= 0.3 is 0 Å². The number of hydrogen-bond acceptors (Lipinski definition) is 4. The van der Waals surface area contributed by atoms with Gasteiger partial charge in [0.15, 0.2) is 0 Å². The van der Waals surface area contributed by atoms with Gasteiger partial charge in [0.2, 0.25) is 0 Å². The summed E-state index contributed by atoms with van der Waals surface area (Å²) < 4.78 is 5.73. The molecule has 0 amide bonds. The van der Waals surface area contributed by atoms with E-state index < -0.39 is 0 Å². The van der Waals surface area contributed by atoms with Gasteiger partial charge in [-0.3, -0.25) is 0 Å². The van der Waals surface area contributed by atoms with Gasteiger partial charge in [0.1, 0.15) is 17.4 Å². The second-order valence-electron chi connectivity index (χ2n) is 4.27. The zero-order valence-corrected chi connectivity index (χ0v) is 12.0. The molecule has 0 atom stereocenters. The Morgan fingerprint density at radius 1 is 1.42 bits per heavy atom. The van der Waals surface area contributed by atoms with Gasteiger partial charge in [-0.1, -0.05) is 19.1 Å². The largest absolute Gasteiger partial charge is 0.486 e. The van der Waals surface area contributed by atoms with Crippen LogP contribution in [0.5, 0.6) is 5.75 Å². The summed E-state index contributed by atoms with van der Waals surface area (Å²) in [5, 5.41) is 9.72. The fraction of sp³-hybridized carbons (Fsp3) is 0.333. The fourth-order valence-corrected chi connectivity index (χ4v) is 2.84. The van der Waals surface area contributed by atoms with Crippen LogP contribution in [0, 0.1) is 18.3 Å². The molecule has 4 heteroatoms. The predicted octanol–water partition coefficient (Wildman–Crippen LogP) is 3.66. The number of nitrogens with zero attached hydrogens (tertiary/aromatic N) is 2. The molecule has 0 radical (unpaired) electrons. The maximum atomic E-state index is 8.78. The molecule has 0 bridgehead atoms. The lowest BCUT2D eigenvalue weighted by Gasteiger charge is -2.04. The van der Waals surface area contributed by atoms with Crippen LogP contribution in [0.4, 0.5) is 0 Å². The molecule has 1 aromatic heterocycles. The van der Waals surface area contributed by atoms with E-state index in [1.165, 1.54) is 5.56 Å². The molecule has 0 aliphatic heterocycles. The summed E-state index contributed by atoms with van der Waals surface area (Å²) in [6.07, 6.45) is 1.29. The highest BCUT2D eigenvalue weighted by molar-refractivity contribution is 7.11. The summed E-state index contributed by atoms with van der Waals surface area (Å²) >= 11 is 1.57. The van der Waals surface area contributed by atoms with Gasteiger partial charge in [-0.15, -0.1) is 11.3 Å². The smallest absolute Gasteiger partial charge is 0.140 e. The first-order valence-corrected chi connectivity index (χ1v) is 7.08. The van der Waals surface area contributed by atoms with E-state index in [9.17, 15) is 0 Å². The molecule has 0 aliphatic rings. The van der Waals surface area contributed by atoms with Crippen LogP contribution in [0.3, 0.4) is 0 Å². The number of aryl methyl sites for hydroxylation is 2. The van der Waals surface area contributed by atoms with Crippen molar-refractivity contribution in [2.24, 2.45) is 0 Å². The Labute approximate surface area is 117 Å². The number of benzene rings is 1. The fourth-order valence-electron chi connectivity index (χ4n) is 1.83. The van der Waals surface area contributed by atoms with E-state index in [2.05, 4.69) is 18.0 Å². The zero-order valence-electron chi connectivity index (χ0n) is 11.1. The summed E-state index contributed by atoms with van der Waals surface area (Å²) in [5.74, 6) is 0.857. The summed E-state index contributed by atoms with van der Waals surface area (Å²) in [6, 6.07) is 10.1. The Hall–Kier alpha value is -1.86. The van der Waals surface area contributed by atoms with Crippen LogP contribution in [-0.2, 0) is 19.4 Å². The highest BCUT2D eigenvalue weighted by Crippen LogP contribution is 2.22. The normalized spacial score (nSPS) is 10.2. The summed E-state index contributed by atoms with van der Waals surface area (Å²) in [7, 11) is 0. The monoisotopic (exact) mass is 272 g/mol. The van der Waals surface area contributed by atoms with Crippen molar-refractivity contribution >= 4 is 11.3 Å². The first-order chi connectivity index (χ1) is 9.22. The van der Waals surface area contributed by atoms with E-state index in [1.54, 1.807) is 11.3 Å². The third kappa shape index (κ3) is 3.55. The van der Waals surface area contributed by atoms with Crippen LogP contribution in [-0.4, -0.2) is 4.98 Å². The second kappa shape index (κ2) is 6.35. The van der Waals surface area contributed by atoms with E-state index in [1.807, 2.05) is 31.2 Å². The van der Waals surface area contributed by atoms with Gasteiger partial charge in [0.25, 0.3) is 0 Å². The minimum atomic E-state index is 0.436. The van der Waals surface area contributed by atoms with Crippen LogP contribution in [0.25, 0.3) is 0 Å². The Kier molecular flexibility index (Phi) is 4.53. The van der Waals surface area contributed by atoms with Crippen LogP contribution < -0.4 is 4.74 Å². The Bertz CT molecular complexity index is 598. The van der Waals surface area contributed by atoms with Crippen molar-refractivity contribution in [3.8, 4) is 11.8 Å². The van der Waals surface area contributed by atoms with Gasteiger partial charge in [0, 0.05) is 4.88 Å². The van der Waals surface area contributed by atoms with E-state index in [4.69, 9.17) is 10.00 Å². The SMILES string of the molecule is CCc1nc(COc2cccc(C)c2)sc1CC#N. The molecule has 0 saturated carbocycles. The average molecular weight is 272 g/mol. The van der Waals surface area contributed by atoms with Crippen LogP contribution in [0.2, 0.25) is 0 Å². The maximum Gasteiger partial charge on any atom is 0.140 e. The maximum absolute atomic E-state index is 8.78. The molecular weight excluding hydrogens is 256 g/mol. The lowest BCUT2D eigenvalue weighted by Crippen LogP contribution is -1.95. The van der Waals surface area contributed by atoms with Crippen LogP contribution >= 0.6 is 11.3 Å². The number of nitriles is 1. The Morgan fingerprint density at radius 3 is 2.95 bits per heavy atom. The molecule has 0 unspecified atom stereocenters. The Balaban J connectivity index is 2.05. The molecule has 1 heterocycles. The van der Waals surface area contributed by atoms with E-state index in [-0.39, 0.29) is 0 Å². The molecule has 0 N–H and O–H groups in total. The molecule has 2 rings (SSSR count). The lowest BCUT2D eigenvalue weighted by molar-refractivity contribution is 0.305. The van der Waals surface area contributed by atoms with E-state index in [0.29, 0.717) is 13.0 Å². The van der Waals surface area contributed by atoms with Crippen molar-refractivity contribution in [3.63, 3.8) is 0 Å². The number of aromatic nitrogens is 1. The summed E-state index contributed by atoms with van der Waals surface area (Å²) in [5.41, 5.74) is 2.20. The van der Waals surface area contributed by atoms with Crippen molar-refractivity contribution < 1.29 is 4.74 Å². The molecule has 19 heavy (non-hydrogen) atoms. The predicted molar refractivity (Wildman–Crippen MR) is 76.3 cm³/mol. The first-order valence-electron chi connectivity index (χ1n) is 6.26. The summed E-state index contributed by atoms with van der Waals surface area (Å²) in [6.45, 7) is 4.56. The van der Waals surface area contributed by atoms with Crippen molar-refractivity contribution in [1.29, 1.82) is 5.26 Å². The molecule has 0 spiro atoms. The molecule has 2 aromatic rings. The standard InChI is InChI=1S/C15H16N2OS/c1-3-13-14(7-8-16)19-15(17-13)10-18-12-6-4-5-11(2)9-12/h4-6,9H,3,7,10H2,1-2H3. The molecule has 98 valence electrons. The summed E-state index contributed by atoms with van der Waals surface area (Å²) in [4.78, 5) is 5.59. The third-order valence-electron chi connectivity index (χ3n) is 2.75. The van der Waals surface area contributed by atoms with Crippen molar-refractivity contribution in [2.45, 2.75) is 33.3 Å². The molecule has 0 aliphatic carbocycles. The van der Waals surface area contributed by atoms with Crippen molar-refractivity contribution in [1.82, 2.24) is 4.98 Å². The molecule has 1 aromatic carbocycles. The van der Waals surface area contributed by atoms with Crippen molar-refractivity contribution in [2.75, 3.05) is 0 Å². The highest BCUT2D eigenvalue weighted by Gasteiger charge is 2.09. The number of rotatable bonds is 5. The van der Waals surface area contributed by atoms with E-state index in [0.717, 1.165) is 27.7 Å². The van der Waals surface area contributed by atoms with Gasteiger partial charge in [0.05, 0.1) is 18.2 Å². The minimum Gasteiger partial charge on any atom is -0.486 e. The molecule has 3 nitrogen and oxygen atoms in total. The van der Waals surface area contributed by atoms with Gasteiger partial charge in [-0.2, -0.15) is 5.26 Å². The molecule has 0 fully saturated rings. The van der Waals surface area contributed by atoms with Gasteiger partial charge in [-0.05, 0) is 31.0 Å². The van der Waals surface area contributed by atoms with Crippen LogP contribution in [0.15, 0.2) is 24.3 Å².